The van der Waals surface area contributed by atoms with Gasteiger partial charge in [0.15, 0.2) is 0 Å². The zero-order valence-electron chi connectivity index (χ0n) is 9.24. The van der Waals surface area contributed by atoms with Gasteiger partial charge >= 0.3 is 0 Å². The highest BCUT2D eigenvalue weighted by molar-refractivity contribution is 5.24. The highest BCUT2D eigenvalue weighted by Crippen LogP contribution is 2.19. The number of aliphatic hydroxyl groups excluding tert-OH is 1. The van der Waals surface area contributed by atoms with Crippen LogP contribution in [-0.2, 0) is 0 Å². The van der Waals surface area contributed by atoms with Gasteiger partial charge in [-0.1, -0.05) is 36.2 Å². The van der Waals surface area contributed by atoms with Gasteiger partial charge in [0.1, 0.15) is 0 Å². The molecule has 0 saturated heterocycles. The fourth-order valence-corrected chi connectivity index (χ4v) is 1.89. The molecule has 2 heteroatoms. The molecule has 0 bridgehead atoms. The highest BCUT2D eigenvalue weighted by atomic mass is 16.3. The number of benzene rings is 1. The Morgan fingerprint density at radius 3 is 2.87 bits per heavy atom. The molecule has 0 aromatic heterocycles. The second-order valence-electron chi connectivity index (χ2n) is 4.47. The van der Waals surface area contributed by atoms with Crippen LogP contribution in [0.3, 0.4) is 0 Å². The summed E-state index contributed by atoms with van der Waals surface area (Å²) in [5, 5.41) is 13.3. The van der Waals surface area contributed by atoms with Crippen molar-refractivity contribution in [2.24, 2.45) is 0 Å². The molecule has 0 aliphatic heterocycles. The van der Waals surface area contributed by atoms with Gasteiger partial charge in [-0.3, -0.25) is 0 Å². The fourth-order valence-electron chi connectivity index (χ4n) is 1.89. The molecule has 1 aliphatic rings. The average Bonchev–Trinajstić information content (AvgIpc) is 2.15. The average molecular weight is 205 g/mol. The lowest BCUT2D eigenvalue weighted by molar-refractivity contribution is 0.161. The predicted molar refractivity (Wildman–Crippen MR) is 61.8 cm³/mol. The van der Waals surface area contributed by atoms with Gasteiger partial charge in [0, 0.05) is 12.6 Å². The van der Waals surface area contributed by atoms with E-state index < -0.39 is 0 Å². The van der Waals surface area contributed by atoms with Crippen molar-refractivity contribution >= 4 is 0 Å². The molecule has 1 aromatic rings. The molecule has 0 spiro atoms. The van der Waals surface area contributed by atoms with E-state index >= 15 is 0 Å². The molecule has 1 fully saturated rings. The third-order valence-electron chi connectivity index (χ3n) is 3.13. The lowest BCUT2D eigenvalue weighted by Gasteiger charge is -2.27. The third-order valence-corrected chi connectivity index (χ3v) is 3.13. The Hall–Kier alpha value is -0.860. The number of aryl methyl sites for hydroxylation is 1. The maximum atomic E-state index is 9.95. The predicted octanol–water partition coefficient (Wildman–Crippen LogP) is 2.17. The van der Waals surface area contributed by atoms with Crippen LogP contribution < -0.4 is 5.32 Å². The first kappa shape index (κ1) is 10.7. The van der Waals surface area contributed by atoms with E-state index in [0.29, 0.717) is 12.6 Å². The van der Waals surface area contributed by atoms with Crippen LogP contribution in [0, 0.1) is 6.92 Å². The Morgan fingerprint density at radius 1 is 1.47 bits per heavy atom. The van der Waals surface area contributed by atoms with E-state index in [9.17, 15) is 5.11 Å². The van der Waals surface area contributed by atoms with E-state index in [0.717, 1.165) is 5.56 Å². The molecule has 2 nitrogen and oxygen atoms in total. The van der Waals surface area contributed by atoms with Crippen molar-refractivity contribution in [3.05, 3.63) is 35.4 Å². The van der Waals surface area contributed by atoms with E-state index in [4.69, 9.17) is 0 Å². The van der Waals surface area contributed by atoms with Crippen LogP contribution in [0.1, 0.15) is 36.5 Å². The van der Waals surface area contributed by atoms with Gasteiger partial charge in [0.05, 0.1) is 6.10 Å². The Kier molecular flexibility index (Phi) is 3.39. The lowest BCUT2D eigenvalue weighted by atomic mass is 9.93. The highest BCUT2D eigenvalue weighted by Gasteiger charge is 2.18. The van der Waals surface area contributed by atoms with Crippen LogP contribution in [-0.4, -0.2) is 17.7 Å². The van der Waals surface area contributed by atoms with Crippen molar-refractivity contribution in [1.29, 1.82) is 0 Å². The van der Waals surface area contributed by atoms with Crippen molar-refractivity contribution in [2.75, 3.05) is 6.54 Å². The summed E-state index contributed by atoms with van der Waals surface area (Å²) in [5.74, 6) is 0. The summed E-state index contributed by atoms with van der Waals surface area (Å²) in [4.78, 5) is 0. The molecule has 1 unspecified atom stereocenters. The number of hydrogen-bond donors (Lipinski definition) is 2. The molecule has 1 atom stereocenters. The van der Waals surface area contributed by atoms with Gasteiger partial charge in [-0.25, -0.2) is 0 Å². The Labute approximate surface area is 91.3 Å². The Bertz CT molecular complexity index is 320. The minimum atomic E-state index is -0.370. The molecule has 2 rings (SSSR count). The first-order chi connectivity index (χ1) is 7.25. The van der Waals surface area contributed by atoms with Crippen LogP contribution in [0.15, 0.2) is 24.3 Å². The van der Waals surface area contributed by atoms with Gasteiger partial charge < -0.3 is 10.4 Å². The zero-order chi connectivity index (χ0) is 10.7. The lowest BCUT2D eigenvalue weighted by Crippen LogP contribution is -2.37. The SMILES string of the molecule is Cc1cccc(C(O)CNC2CCC2)c1. The number of aliphatic hydroxyl groups is 1. The standard InChI is InChI=1S/C13H19NO/c1-10-4-2-5-11(8-10)13(15)9-14-12-6-3-7-12/h2,4-5,8,12-15H,3,6-7,9H2,1H3. The molecule has 1 aromatic carbocycles. The van der Waals surface area contributed by atoms with Crippen molar-refractivity contribution in [3.8, 4) is 0 Å². The zero-order valence-corrected chi connectivity index (χ0v) is 9.24. The number of hydrogen-bond acceptors (Lipinski definition) is 2. The molecule has 0 amide bonds. The van der Waals surface area contributed by atoms with E-state index in [1.54, 1.807) is 0 Å². The van der Waals surface area contributed by atoms with Crippen molar-refractivity contribution in [1.82, 2.24) is 5.32 Å². The quantitative estimate of drug-likeness (QED) is 0.789. The van der Waals surface area contributed by atoms with Crippen LogP contribution >= 0.6 is 0 Å². The first-order valence-corrected chi connectivity index (χ1v) is 5.74. The summed E-state index contributed by atoms with van der Waals surface area (Å²) in [6.45, 7) is 2.73. The number of rotatable bonds is 4. The second-order valence-corrected chi connectivity index (χ2v) is 4.47. The molecule has 1 saturated carbocycles. The molecule has 2 N–H and O–H groups in total. The van der Waals surface area contributed by atoms with Gasteiger partial charge in [-0.05, 0) is 25.3 Å². The van der Waals surface area contributed by atoms with Gasteiger partial charge in [-0.15, -0.1) is 0 Å². The maximum Gasteiger partial charge on any atom is 0.0914 e. The van der Waals surface area contributed by atoms with Crippen molar-refractivity contribution < 1.29 is 5.11 Å². The summed E-state index contributed by atoms with van der Waals surface area (Å²) in [6.07, 6.45) is 3.49. The molecule has 1 aliphatic carbocycles. The maximum absolute atomic E-state index is 9.95. The van der Waals surface area contributed by atoms with Gasteiger partial charge in [0.25, 0.3) is 0 Å². The van der Waals surface area contributed by atoms with Crippen LogP contribution in [0.5, 0.6) is 0 Å². The Balaban J connectivity index is 1.86. The van der Waals surface area contributed by atoms with Crippen molar-refractivity contribution in [2.45, 2.75) is 38.3 Å². The molecular formula is C13H19NO. The summed E-state index contributed by atoms with van der Waals surface area (Å²) in [7, 11) is 0. The summed E-state index contributed by atoms with van der Waals surface area (Å²) < 4.78 is 0. The molecule has 82 valence electrons. The van der Waals surface area contributed by atoms with Crippen molar-refractivity contribution in [3.63, 3.8) is 0 Å². The first-order valence-electron chi connectivity index (χ1n) is 5.74. The smallest absolute Gasteiger partial charge is 0.0914 e. The Morgan fingerprint density at radius 2 is 2.27 bits per heavy atom. The topological polar surface area (TPSA) is 32.3 Å². The second kappa shape index (κ2) is 4.77. The largest absolute Gasteiger partial charge is 0.387 e. The van der Waals surface area contributed by atoms with Crippen LogP contribution in [0.4, 0.5) is 0 Å². The molecule has 0 radical (unpaired) electrons. The van der Waals surface area contributed by atoms with Gasteiger partial charge in [0.2, 0.25) is 0 Å². The molecule has 15 heavy (non-hydrogen) atoms. The van der Waals surface area contributed by atoms with E-state index in [1.165, 1.54) is 24.8 Å². The van der Waals surface area contributed by atoms with Crippen LogP contribution in [0.25, 0.3) is 0 Å². The summed E-state index contributed by atoms with van der Waals surface area (Å²) in [5.41, 5.74) is 2.22. The molecular weight excluding hydrogens is 186 g/mol. The minimum absolute atomic E-state index is 0.370. The minimum Gasteiger partial charge on any atom is -0.387 e. The third kappa shape index (κ3) is 2.80. The monoisotopic (exact) mass is 205 g/mol. The van der Waals surface area contributed by atoms with E-state index in [-0.39, 0.29) is 6.10 Å². The number of nitrogens with one attached hydrogen (secondary N) is 1. The molecule has 0 heterocycles. The normalized spacial score (nSPS) is 18.5. The van der Waals surface area contributed by atoms with Gasteiger partial charge in [-0.2, -0.15) is 0 Å². The fraction of sp³-hybridized carbons (Fsp3) is 0.538. The van der Waals surface area contributed by atoms with E-state index in [1.807, 2.05) is 18.2 Å². The van der Waals surface area contributed by atoms with E-state index in [2.05, 4.69) is 18.3 Å². The van der Waals surface area contributed by atoms with Crippen LogP contribution in [0.2, 0.25) is 0 Å². The summed E-state index contributed by atoms with van der Waals surface area (Å²) >= 11 is 0. The summed E-state index contributed by atoms with van der Waals surface area (Å²) in [6, 6.07) is 8.73.